The van der Waals surface area contributed by atoms with Crippen LogP contribution in [0.5, 0.6) is 0 Å². The van der Waals surface area contributed by atoms with Gasteiger partial charge in [0.2, 0.25) is 0 Å². The number of nitrogens with zero attached hydrogens (tertiary/aromatic N) is 1. The first kappa shape index (κ1) is 12.0. The molecule has 1 aliphatic heterocycles. The van der Waals surface area contributed by atoms with Crippen LogP contribution in [0.15, 0.2) is 16.5 Å². The summed E-state index contributed by atoms with van der Waals surface area (Å²) >= 11 is 0. The van der Waals surface area contributed by atoms with Crippen molar-refractivity contribution < 1.29 is 9.15 Å². The monoisotopic (exact) mass is 261 g/mol. The van der Waals surface area contributed by atoms with Crippen LogP contribution in [0.2, 0.25) is 0 Å². The highest BCUT2D eigenvalue weighted by molar-refractivity contribution is 5.08. The fraction of sp³-hybridized carbons (Fsp3) is 0.750. The zero-order valence-corrected chi connectivity index (χ0v) is 11.7. The summed E-state index contributed by atoms with van der Waals surface area (Å²) in [5.74, 6) is 3.76. The van der Waals surface area contributed by atoms with Crippen molar-refractivity contribution in [2.24, 2.45) is 11.8 Å². The highest BCUT2D eigenvalue weighted by Crippen LogP contribution is 2.41. The molecule has 3 aliphatic rings. The average Bonchev–Trinajstić information content (AvgIpc) is 2.90. The molecule has 1 saturated heterocycles. The predicted octanol–water partition coefficient (Wildman–Crippen LogP) is 2.98. The van der Waals surface area contributed by atoms with Gasteiger partial charge in [0, 0.05) is 19.2 Å². The minimum absolute atomic E-state index is 0.497. The lowest BCUT2D eigenvalue weighted by Gasteiger charge is -2.26. The molecule has 0 aromatic carbocycles. The number of piperidine rings is 1. The van der Waals surface area contributed by atoms with Crippen LogP contribution >= 0.6 is 0 Å². The molecule has 2 bridgehead atoms. The van der Waals surface area contributed by atoms with E-state index in [0.717, 1.165) is 36.5 Å². The Morgan fingerprint density at radius 2 is 2.16 bits per heavy atom. The fourth-order valence-corrected chi connectivity index (χ4v) is 3.78. The van der Waals surface area contributed by atoms with Crippen molar-refractivity contribution in [1.82, 2.24) is 4.90 Å². The second-order valence-electron chi connectivity index (χ2n) is 6.59. The molecule has 19 heavy (non-hydrogen) atoms. The molecule has 0 spiro atoms. The third-order valence-electron chi connectivity index (χ3n) is 4.99. The van der Waals surface area contributed by atoms with E-state index < -0.39 is 0 Å². The Morgan fingerprint density at radius 3 is 2.89 bits per heavy atom. The summed E-state index contributed by atoms with van der Waals surface area (Å²) < 4.78 is 11.9. The SMILES string of the molecule is Cc1ccc(CN2C[C@H]3CC[C@H]2[C@H]3OCC2CC2)o1. The minimum atomic E-state index is 0.497. The van der Waals surface area contributed by atoms with E-state index in [2.05, 4.69) is 17.0 Å². The Bertz CT molecular complexity index is 451. The first-order valence-electron chi connectivity index (χ1n) is 7.70. The van der Waals surface area contributed by atoms with Gasteiger partial charge in [-0.05, 0) is 56.6 Å². The van der Waals surface area contributed by atoms with Crippen molar-refractivity contribution in [3.05, 3.63) is 23.7 Å². The molecule has 2 heterocycles. The zero-order chi connectivity index (χ0) is 12.8. The molecule has 4 rings (SSSR count). The summed E-state index contributed by atoms with van der Waals surface area (Å²) in [6.45, 7) is 5.17. The number of rotatable bonds is 5. The zero-order valence-electron chi connectivity index (χ0n) is 11.7. The molecule has 1 aromatic rings. The van der Waals surface area contributed by atoms with Gasteiger partial charge in [0.15, 0.2) is 0 Å². The maximum absolute atomic E-state index is 6.21. The van der Waals surface area contributed by atoms with Crippen LogP contribution in [0.1, 0.15) is 37.2 Å². The summed E-state index contributed by atoms with van der Waals surface area (Å²) in [5.41, 5.74) is 0. The van der Waals surface area contributed by atoms with Crippen molar-refractivity contribution in [3.63, 3.8) is 0 Å². The molecule has 2 saturated carbocycles. The van der Waals surface area contributed by atoms with Gasteiger partial charge in [-0.1, -0.05) is 0 Å². The van der Waals surface area contributed by atoms with Crippen molar-refractivity contribution in [2.75, 3.05) is 13.2 Å². The largest absolute Gasteiger partial charge is 0.465 e. The Kier molecular flexibility index (Phi) is 2.92. The number of fused-ring (bicyclic) bond motifs is 2. The van der Waals surface area contributed by atoms with Crippen LogP contribution in [0.4, 0.5) is 0 Å². The van der Waals surface area contributed by atoms with E-state index in [4.69, 9.17) is 9.15 Å². The average molecular weight is 261 g/mol. The van der Waals surface area contributed by atoms with Gasteiger partial charge >= 0.3 is 0 Å². The van der Waals surface area contributed by atoms with Crippen LogP contribution in [0, 0.1) is 18.8 Å². The molecule has 3 fully saturated rings. The summed E-state index contributed by atoms with van der Waals surface area (Å²) in [7, 11) is 0. The Morgan fingerprint density at radius 1 is 1.26 bits per heavy atom. The molecule has 3 nitrogen and oxygen atoms in total. The molecule has 3 heteroatoms. The molecule has 0 amide bonds. The van der Waals surface area contributed by atoms with Crippen LogP contribution < -0.4 is 0 Å². The molecule has 2 aliphatic carbocycles. The highest BCUT2D eigenvalue weighted by atomic mass is 16.5. The van der Waals surface area contributed by atoms with Crippen molar-refractivity contribution >= 4 is 0 Å². The van der Waals surface area contributed by atoms with Gasteiger partial charge < -0.3 is 9.15 Å². The van der Waals surface area contributed by atoms with Crippen molar-refractivity contribution in [3.8, 4) is 0 Å². The maximum Gasteiger partial charge on any atom is 0.118 e. The first-order valence-corrected chi connectivity index (χ1v) is 7.70. The van der Waals surface area contributed by atoms with E-state index >= 15 is 0 Å². The number of ether oxygens (including phenoxy) is 1. The molecular formula is C16H23NO2. The molecule has 0 unspecified atom stereocenters. The lowest BCUT2D eigenvalue weighted by molar-refractivity contribution is 0.0201. The molecule has 3 atom stereocenters. The smallest absolute Gasteiger partial charge is 0.118 e. The predicted molar refractivity (Wildman–Crippen MR) is 72.8 cm³/mol. The second-order valence-corrected chi connectivity index (χ2v) is 6.59. The molecular weight excluding hydrogens is 238 g/mol. The number of hydrogen-bond acceptors (Lipinski definition) is 3. The van der Waals surface area contributed by atoms with E-state index in [9.17, 15) is 0 Å². The Labute approximate surface area is 114 Å². The molecule has 104 valence electrons. The summed E-state index contributed by atoms with van der Waals surface area (Å²) in [6, 6.07) is 4.81. The standard InChI is InChI=1S/C16H23NO2/c1-11-2-6-14(19-11)9-17-8-13-5-7-15(17)16(13)18-10-12-3-4-12/h2,6,12-13,15-16H,3-5,7-10H2,1H3/t13-,15+,16+/m1/s1. The van der Waals surface area contributed by atoms with Gasteiger partial charge in [-0.3, -0.25) is 4.90 Å². The third kappa shape index (κ3) is 2.34. The maximum atomic E-state index is 6.21. The van der Waals surface area contributed by atoms with E-state index in [1.54, 1.807) is 0 Å². The first-order chi connectivity index (χ1) is 9.29. The van der Waals surface area contributed by atoms with Gasteiger partial charge in [-0.2, -0.15) is 0 Å². The fourth-order valence-electron chi connectivity index (χ4n) is 3.78. The molecule has 1 aromatic heterocycles. The summed E-state index contributed by atoms with van der Waals surface area (Å²) in [6.07, 6.45) is 5.93. The van der Waals surface area contributed by atoms with Gasteiger partial charge in [-0.25, -0.2) is 0 Å². The highest BCUT2D eigenvalue weighted by Gasteiger charge is 2.48. The van der Waals surface area contributed by atoms with Crippen LogP contribution in [-0.2, 0) is 11.3 Å². The van der Waals surface area contributed by atoms with Crippen LogP contribution in [0.3, 0.4) is 0 Å². The topological polar surface area (TPSA) is 25.6 Å². The lowest BCUT2D eigenvalue weighted by atomic mass is 10.1. The van der Waals surface area contributed by atoms with Gasteiger partial charge in [-0.15, -0.1) is 0 Å². The summed E-state index contributed by atoms with van der Waals surface area (Å²) in [4.78, 5) is 2.57. The Hall–Kier alpha value is -0.800. The number of likely N-dealkylation sites (tertiary alicyclic amines) is 1. The Balaban J connectivity index is 1.38. The van der Waals surface area contributed by atoms with Gasteiger partial charge in [0.1, 0.15) is 11.5 Å². The number of furan rings is 1. The number of hydrogen-bond donors (Lipinski definition) is 0. The van der Waals surface area contributed by atoms with Crippen LogP contribution in [-0.4, -0.2) is 30.2 Å². The minimum Gasteiger partial charge on any atom is -0.465 e. The van der Waals surface area contributed by atoms with E-state index in [-0.39, 0.29) is 0 Å². The second kappa shape index (κ2) is 4.64. The van der Waals surface area contributed by atoms with Crippen molar-refractivity contribution in [1.29, 1.82) is 0 Å². The van der Waals surface area contributed by atoms with E-state index in [1.807, 2.05) is 6.92 Å². The van der Waals surface area contributed by atoms with Gasteiger partial charge in [0.05, 0.1) is 12.6 Å². The van der Waals surface area contributed by atoms with Crippen molar-refractivity contribution in [2.45, 2.75) is 51.3 Å². The van der Waals surface area contributed by atoms with Crippen LogP contribution in [0.25, 0.3) is 0 Å². The molecule has 0 radical (unpaired) electrons. The van der Waals surface area contributed by atoms with E-state index in [0.29, 0.717) is 12.1 Å². The van der Waals surface area contributed by atoms with E-state index in [1.165, 1.54) is 32.2 Å². The molecule has 0 N–H and O–H groups in total. The van der Waals surface area contributed by atoms with Gasteiger partial charge in [0.25, 0.3) is 0 Å². The third-order valence-corrected chi connectivity index (χ3v) is 4.99. The quantitative estimate of drug-likeness (QED) is 0.815. The normalized spacial score (nSPS) is 34.3. The number of aryl methyl sites for hydroxylation is 1. The lowest BCUT2D eigenvalue weighted by Crippen LogP contribution is -2.34. The summed E-state index contributed by atoms with van der Waals surface area (Å²) in [5, 5.41) is 0.